The highest BCUT2D eigenvalue weighted by Crippen LogP contribution is 2.18. The van der Waals surface area contributed by atoms with E-state index in [1.807, 2.05) is 37.3 Å². The third-order valence-corrected chi connectivity index (χ3v) is 3.65. The van der Waals surface area contributed by atoms with Gasteiger partial charge in [-0.05, 0) is 42.3 Å². The molecule has 0 aliphatic rings. The lowest BCUT2D eigenvalue weighted by molar-refractivity contribution is 0.317. The number of nitrogens with zero attached hydrogens (tertiary/aromatic N) is 2. The molecule has 0 radical (unpaired) electrons. The van der Waals surface area contributed by atoms with Crippen LogP contribution < -0.4 is 10.3 Å². The fourth-order valence-electron chi connectivity index (χ4n) is 2.41. The second-order valence-corrected chi connectivity index (χ2v) is 5.52. The van der Waals surface area contributed by atoms with Gasteiger partial charge in [0, 0.05) is 0 Å². The summed E-state index contributed by atoms with van der Waals surface area (Å²) in [5.41, 5.74) is 1.43. The zero-order valence-electron chi connectivity index (χ0n) is 13.8. The first kappa shape index (κ1) is 16.5. The molecule has 124 valence electrons. The van der Waals surface area contributed by atoms with Crippen LogP contribution in [-0.2, 0) is 0 Å². The topological polar surface area (TPSA) is 78.8 Å². The van der Waals surface area contributed by atoms with E-state index < -0.39 is 0 Å². The summed E-state index contributed by atoms with van der Waals surface area (Å²) < 4.78 is 5.54. The Morgan fingerprint density at radius 2 is 2.00 bits per heavy atom. The van der Waals surface area contributed by atoms with Crippen molar-refractivity contribution in [3.8, 4) is 11.8 Å². The van der Waals surface area contributed by atoms with Gasteiger partial charge in [-0.3, -0.25) is 4.79 Å². The van der Waals surface area contributed by atoms with E-state index in [9.17, 15) is 10.1 Å². The maximum atomic E-state index is 12.2. The van der Waals surface area contributed by atoms with Crippen LogP contribution >= 0.6 is 0 Å². The van der Waals surface area contributed by atoms with E-state index in [0.29, 0.717) is 23.1 Å². The van der Waals surface area contributed by atoms with Crippen molar-refractivity contribution in [1.29, 1.82) is 5.26 Å². The first-order chi connectivity index (χ1) is 12.2. The van der Waals surface area contributed by atoms with Crippen molar-refractivity contribution in [3.05, 3.63) is 70.3 Å². The maximum Gasteiger partial charge on any atom is 0.259 e. The molecule has 0 unspecified atom stereocenters. The molecule has 3 aromatic rings. The Bertz CT molecular complexity index is 1010. The van der Waals surface area contributed by atoms with Gasteiger partial charge >= 0.3 is 0 Å². The van der Waals surface area contributed by atoms with E-state index in [1.165, 1.54) is 0 Å². The highest BCUT2D eigenvalue weighted by molar-refractivity contribution is 5.89. The quantitative estimate of drug-likeness (QED) is 0.722. The van der Waals surface area contributed by atoms with Gasteiger partial charge in [0.1, 0.15) is 11.8 Å². The van der Waals surface area contributed by atoms with Crippen LogP contribution in [0.1, 0.15) is 24.7 Å². The van der Waals surface area contributed by atoms with Crippen molar-refractivity contribution in [2.75, 3.05) is 6.61 Å². The predicted molar refractivity (Wildman–Crippen MR) is 98.1 cm³/mol. The molecule has 0 atom stereocenters. The molecule has 0 spiro atoms. The fourth-order valence-corrected chi connectivity index (χ4v) is 2.41. The third kappa shape index (κ3) is 3.75. The van der Waals surface area contributed by atoms with Gasteiger partial charge in [-0.1, -0.05) is 31.2 Å². The molecule has 0 saturated heterocycles. The highest BCUT2D eigenvalue weighted by Gasteiger charge is 2.08. The van der Waals surface area contributed by atoms with Crippen LogP contribution in [0, 0.1) is 11.3 Å². The number of nitriles is 1. The number of allylic oxidation sites excluding steroid dienone is 1. The Balaban J connectivity index is 1.96. The molecular formula is C20H17N3O2. The number of aromatic amines is 1. The number of hydrogen-bond donors (Lipinski definition) is 1. The molecule has 3 rings (SSSR count). The fraction of sp³-hybridized carbons (Fsp3) is 0.150. The molecule has 25 heavy (non-hydrogen) atoms. The van der Waals surface area contributed by atoms with Gasteiger partial charge in [-0.2, -0.15) is 5.26 Å². The van der Waals surface area contributed by atoms with Gasteiger partial charge in [-0.25, -0.2) is 4.98 Å². The van der Waals surface area contributed by atoms with Gasteiger partial charge in [0.2, 0.25) is 0 Å². The zero-order chi connectivity index (χ0) is 17.6. The molecule has 1 aromatic heterocycles. The third-order valence-electron chi connectivity index (χ3n) is 3.65. The van der Waals surface area contributed by atoms with Crippen molar-refractivity contribution in [1.82, 2.24) is 9.97 Å². The summed E-state index contributed by atoms with van der Waals surface area (Å²) in [5.74, 6) is 1.05. The van der Waals surface area contributed by atoms with Crippen LogP contribution in [0.4, 0.5) is 0 Å². The summed E-state index contributed by atoms with van der Waals surface area (Å²) >= 11 is 0. The van der Waals surface area contributed by atoms with Crippen LogP contribution in [0.15, 0.2) is 53.3 Å². The number of aromatic nitrogens is 2. The molecule has 2 aromatic carbocycles. The standard InChI is InChI=1S/C20H17N3O2/c1-2-11-25-16-9-7-14(8-10-16)12-15(13-21)19-22-18-6-4-3-5-17(18)20(24)23-19/h3-10,12H,2,11H2,1H3,(H,22,23,24). The molecular weight excluding hydrogens is 314 g/mol. The SMILES string of the molecule is CCCOc1ccc(C=C(C#N)c2nc3ccccc3c(=O)[nH]2)cc1. The smallest absolute Gasteiger partial charge is 0.259 e. The molecule has 0 aliphatic carbocycles. The number of rotatable bonds is 5. The maximum absolute atomic E-state index is 12.2. The van der Waals surface area contributed by atoms with Gasteiger partial charge in [0.25, 0.3) is 5.56 Å². The number of hydrogen-bond acceptors (Lipinski definition) is 4. The van der Waals surface area contributed by atoms with Gasteiger partial charge < -0.3 is 9.72 Å². The molecule has 5 heteroatoms. The Kier molecular flexibility index (Phi) is 4.91. The van der Waals surface area contributed by atoms with E-state index in [1.54, 1.807) is 24.3 Å². The average molecular weight is 331 g/mol. The van der Waals surface area contributed by atoms with Crippen molar-refractivity contribution in [2.24, 2.45) is 0 Å². The minimum absolute atomic E-state index is 0.259. The summed E-state index contributed by atoms with van der Waals surface area (Å²) in [5, 5.41) is 9.97. The molecule has 0 saturated carbocycles. The summed E-state index contributed by atoms with van der Waals surface area (Å²) in [4.78, 5) is 19.2. The largest absolute Gasteiger partial charge is 0.494 e. The van der Waals surface area contributed by atoms with E-state index in [0.717, 1.165) is 17.7 Å². The molecule has 5 nitrogen and oxygen atoms in total. The number of para-hydroxylation sites is 1. The number of fused-ring (bicyclic) bond motifs is 1. The van der Waals surface area contributed by atoms with Crippen LogP contribution in [0.5, 0.6) is 5.75 Å². The highest BCUT2D eigenvalue weighted by atomic mass is 16.5. The lowest BCUT2D eigenvalue weighted by Crippen LogP contribution is -2.11. The Morgan fingerprint density at radius 1 is 1.24 bits per heavy atom. The Hall–Kier alpha value is -3.39. The number of H-pyrrole nitrogens is 1. The zero-order valence-corrected chi connectivity index (χ0v) is 13.8. The second-order valence-electron chi connectivity index (χ2n) is 5.52. The summed E-state index contributed by atoms with van der Waals surface area (Å²) in [7, 11) is 0. The normalized spacial score (nSPS) is 11.3. The van der Waals surface area contributed by atoms with Crippen molar-refractivity contribution >= 4 is 22.6 Å². The number of ether oxygens (including phenoxy) is 1. The Labute approximate surface area is 145 Å². The van der Waals surface area contributed by atoms with Crippen LogP contribution in [0.3, 0.4) is 0 Å². The molecule has 0 fully saturated rings. The monoisotopic (exact) mass is 331 g/mol. The van der Waals surface area contributed by atoms with Crippen LogP contribution in [0.2, 0.25) is 0 Å². The molecule has 0 bridgehead atoms. The summed E-state index contributed by atoms with van der Waals surface area (Å²) in [6, 6.07) is 16.6. The van der Waals surface area contributed by atoms with Crippen molar-refractivity contribution in [2.45, 2.75) is 13.3 Å². The molecule has 1 N–H and O–H groups in total. The average Bonchev–Trinajstić information content (AvgIpc) is 2.65. The van der Waals surface area contributed by atoms with Gasteiger partial charge in [0.15, 0.2) is 5.82 Å². The number of nitrogens with one attached hydrogen (secondary N) is 1. The van der Waals surface area contributed by atoms with Crippen LogP contribution in [0.25, 0.3) is 22.6 Å². The van der Waals surface area contributed by atoms with Gasteiger partial charge in [0.05, 0.1) is 23.1 Å². The van der Waals surface area contributed by atoms with E-state index in [2.05, 4.69) is 16.0 Å². The van der Waals surface area contributed by atoms with E-state index in [4.69, 9.17) is 4.74 Å². The summed E-state index contributed by atoms with van der Waals surface area (Å²) in [6.45, 7) is 2.72. The molecule has 0 amide bonds. The predicted octanol–water partition coefficient (Wildman–Crippen LogP) is 3.78. The summed E-state index contributed by atoms with van der Waals surface area (Å²) in [6.07, 6.45) is 2.64. The van der Waals surface area contributed by atoms with E-state index in [-0.39, 0.29) is 11.4 Å². The van der Waals surface area contributed by atoms with Crippen molar-refractivity contribution < 1.29 is 4.74 Å². The molecule has 1 heterocycles. The van der Waals surface area contributed by atoms with E-state index >= 15 is 0 Å². The number of benzene rings is 2. The lowest BCUT2D eigenvalue weighted by Gasteiger charge is -2.05. The first-order valence-electron chi connectivity index (χ1n) is 8.05. The Morgan fingerprint density at radius 3 is 2.72 bits per heavy atom. The minimum atomic E-state index is -0.259. The van der Waals surface area contributed by atoms with Crippen LogP contribution in [-0.4, -0.2) is 16.6 Å². The first-order valence-corrected chi connectivity index (χ1v) is 8.05. The van der Waals surface area contributed by atoms with Crippen molar-refractivity contribution in [3.63, 3.8) is 0 Å². The minimum Gasteiger partial charge on any atom is -0.494 e. The lowest BCUT2D eigenvalue weighted by atomic mass is 10.1. The second kappa shape index (κ2) is 7.45. The van der Waals surface area contributed by atoms with Gasteiger partial charge in [-0.15, -0.1) is 0 Å². The molecule has 0 aliphatic heterocycles.